The maximum Gasteiger partial charge on any atom is 0.0294 e. The summed E-state index contributed by atoms with van der Waals surface area (Å²) in [7, 11) is 0. The van der Waals surface area contributed by atoms with Gasteiger partial charge in [0.1, 0.15) is 0 Å². The predicted molar refractivity (Wildman–Crippen MR) is 73.7 cm³/mol. The van der Waals surface area contributed by atoms with E-state index in [-0.39, 0.29) is 6.04 Å². The summed E-state index contributed by atoms with van der Waals surface area (Å²) >= 11 is 0. The van der Waals surface area contributed by atoms with Crippen LogP contribution in [0.15, 0.2) is 54.6 Å². The van der Waals surface area contributed by atoms with E-state index in [0.717, 1.165) is 12.8 Å². The molecule has 0 heterocycles. The molecule has 2 aromatic rings. The first-order valence-electron chi connectivity index (χ1n) is 6.22. The molecule has 88 valence electrons. The van der Waals surface area contributed by atoms with Crippen molar-refractivity contribution in [3.63, 3.8) is 0 Å². The molecule has 0 radical (unpaired) electrons. The van der Waals surface area contributed by atoms with Crippen LogP contribution in [0.1, 0.15) is 31.4 Å². The molecule has 2 rings (SSSR count). The van der Waals surface area contributed by atoms with Crippen LogP contribution in [0.2, 0.25) is 0 Å². The summed E-state index contributed by atoms with van der Waals surface area (Å²) in [6.45, 7) is 2.17. The van der Waals surface area contributed by atoms with Crippen molar-refractivity contribution in [1.29, 1.82) is 0 Å². The second kappa shape index (κ2) is 5.65. The molecule has 0 aliphatic carbocycles. The molecular formula is C16H19N. The van der Waals surface area contributed by atoms with E-state index < -0.39 is 0 Å². The van der Waals surface area contributed by atoms with Crippen LogP contribution in [0.25, 0.3) is 11.1 Å². The zero-order chi connectivity index (χ0) is 12.1. The van der Waals surface area contributed by atoms with Crippen LogP contribution in [0.4, 0.5) is 0 Å². The average Bonchev–Trinajstić information content (AvgIpc) is 2.40. The number of hydrogen-bond donors (Lipinski definition) is 1. The van der Waals surface area contributed by atoms with Gasteiger partial charge >= 0.3 is 0 Å². The Bertz CT molecular complexity index is 462. The van der Waals surface area contributed by atoms with Gasteiger partial charge in [0, 0.05) is 6.04 Å². The lowest BCUT2D eigenvalue weighted by molar-refractivity contribution is 0.638. The molecule has 0 fully saturated rings. The maximum absolute atomic E-state index is 6.15. The van der Waals surface area contributed by atoms with Gasteiger partial charge in [0.2, 0.25) is 0 Å². The number of nitrogens with two attached hydrogens (primary N) is 1. The standard InChI is InChI=1S/C16H19N/c1-2-7-16(17)15-11-6-10-14(12-15)13-8-4-3-5-9-13/h3-6,8-12,16H,2,7,17H2,1H3/t16-/m1/s1. The van der Waals surface area contributed by atoms with Gasteiger partial charge in [-0.3, -0.25) is 0 Å². The maximum atomic E-state index is 6.15. The van der Waals surface area contributed by atoms with E-state index in [0.29, 0.717) is 0 Å². The van der Waals surface area contributed by atoms with E-state index in [4.69, 9.17) is 5.73 Å². The molecule has 1 nitrogen and oxygen atoms in total. The van der Waals surface area contributed by atoms with E-state index in [1.807, 2.05) is 6.07 Å². The Morgan fingerprint density at radius 3 is 2.35 bits per heavy atom. The van der Waals surface area contributed by atoms with Gasteiger partial charge in [0.05, 0.1) is 0 Å². The van der Waals surface area contributed by atoms with Crippen molar-refractivity contribution < 1.29 is 0 Å². The molecule has 17 heavy (non-hydrogen) atoms. The first kappa shape index (κ1) is 11.9. The van der Waals surface area contributed by atoms with Gasteiger partial charge in [-0.05, 0) is 29.2 Å². The fourth-order valence-electron chi connectivity index (χ4n) is 2.06. The molecule has 2 aromatic carbocycles. The first-order valence-corrected chi connectivity index (χ1v) is 6.22. The summed E-state index contributed by atoms with van der Waals surface area (Å²) in [5.74, 6) is 0. The highest BCUT2D eigenvalue weighted by atomic mass is 14.6. The molecule has 0 spiro atoms. The van der Waals surface area contributed by atoms with Gasteiger partial charge in [-0.15, -0.1) is 0 Å². The van der Waals surface area contributed by atoms with Crippen LogP contribution in [0, 0.1) is 0 Å². The van der Waals surface area contributed by atoms with E-state index in [1.54, 1.807) is 0 Å². The largest absolute Gasteiger partial charge is 0.324 e. The van der Waals surface area contributed by atoms with Gasteiger partial charge in [0.15, 0.2) is 0 Å². The van der Waals surface area contributed by atoms with Gasteiger partial charge in [-0.2, -0.15) is 0 Å². The van der Waals surface area contributed by atoms with Crippen LogP contribution < -0.4 is 5.73 Å². The van der Waals surface area contributed by atoms with Crippen molar-refractivity contribution in [2.24, 2.45) is 5.73 Å². The Morgan fingerprint density at radius 2 is 1.65 bits per heavy atom. The smallest absolute Gasteiger partial charge is 0.0294 e. The van der Waals surface area contributed by atoms with Crippen LogP contribution in [-0.4, -0.2) is 0 Å². The molecule has 2 N–H and O–H groups in total. The van der Waals surface area contributed by atoms with Crippen LogP contribution in [0.5, 0.6) is 0 Å². The van der Waals surface area contributed by atoms with Crippen LogP contribution in [-0.2, 0) is 0 Å². The first-order chi connectivity index (χ1) is 8.31. The molecule has 0 aromatic heterocycles. The fraction of sp³-hybridized carbons (Fsp3) is 0.250. The minimum atomic E-state index is 0.156. The minimum absolute atomic E-state index is 0.156. The van der Waals surface area contributed by atoms with Crippen LogP contribution in [0.3, 0.4) is 0 Å². The third-order valence-corrected chi connectivity index (χ3v) is 3.02. The second-order valence-electron chi connectivity index (χ2n) is 4.39. The van der Waals surface area contributed by atoms with E-state index in [1.165, 1.54) is 16.7 Å². The molecule has 0 unspecified atom stereocenters. The molecule has 0 aliphatic heterocycles. The molecular weight excluding hydrogens is 206 g/mol. The van der Waals surface area contributed by atoms with Gasteiger partial charge in [0.25, 0.3) is 0 Å². The summed E-state index contributed by atoms with van der Waals surface area (Å²) in [5, 5.41) is 0. The third kappa shape index (κ3) is 2.95. The van der Waals surface area contributed by atoms with Crippen molar-refractivity contribution in [2.45, 2.75) is 25.8 Å². The Kier molecular flexibility index (Phi) is 3.94. The summed E-state index contributed by atoms with van der Waals surface area (Å²) < 4.78 is 0. The molecule has 0 amide bonds. The number of hydrogen-bond acceptors (Lipinski definition) is 1. The van der Waals surface area contributed by atoms with Crippen molar-refractivity contribution in [3.05, 3.63) is 60.2 Å². The number of rotatable bonds is 4. The average molecular weight is 225 g/mol. The molecule has 1 heteroatoms. The Labute approximate surface area is 103 Å². The molecule has 0 bridgehead atoms. The lowest BCUT2D eigenvalue weighted by Gasteiger charge is -2.12. The van der Waals surface area contributed by atoms with E-state index in [9.17, 15) is 0 Å². The minimum Gasteiger partial charge on any atom is -0.324 e. The summed E-state index contributed by atoms with van der Waals surface area (Å²) in [6, 6.07) is 19.1. The lowest BCUT2D eigenvalue weighted by atomic mass is 9.98. The Hall–Kier alpha value is -1.60. The number of benzene rings is 2. The van der Waals surface area contributed by atoms with Gasteiger partial charge in [-0.1, -0.05) is 61.9 Å². The predicted octanol–water partition coefficient (Wildman–Crippen LogP) is 4.15. The van der Waals surface area contributed by atoms with Crippen molar-refractivity contribution in [2.75, 3.05) is 0 Å². The molecule has 0 saturated carbocycles. The zero-order valence-electron chi connectivity index (χ0n) is 10.3. The Balaban J connectivity index is 2.29. The summed E-state index contributed by atoms with van der Waals surface area (Å²) in [4.78, 5) is 0. The molecule has 0 saturated heterocycles. The lowest BCUT2D eigenvalue weighted by Crippen LogP contribution is -2.09. The monoisotopic (exact) mass is 225 g/mol. The van der Waals surface area contributed by atoms with Gasteiger partial charge in [-0.25, -0.2) is 0 Å². The molecule has 0 aliphatic rings. The topological polar surface area (TPSA) is 26.0 Å². The highest BCUT2D eigenvalue weighted by Gasteiger charge is 2.05. The van der Waals surface area contributed by atoms with E-state index >= 15 is 0 Å². The van der Waals surface area contributed by atoms with Crippen molar-refractivity contribution in [1.82, 2.24) is 0 Å². The zero-order valence-corrected chi connectivity index (χ0v) is 10.3. The summed E-state index contributed by atoms with van der Waals surface area (Å²) in [5.41, 5.74) is 9.88. The highest BCUT2D eigenvalue weighted by molar-refractivity contribution is 5.64. The fourth-order valence-corrected chi connectivity index (χ4v) is 2.06. The quantitative estimate of drug-likeness (QED) is 0.831. The highest BCUT2D eigenvalue weighted by Crippen LogP contribution is 2.23. The SMILES string of the molecule is CCC[C@@H](N)c1cccc(-c2ccccc2)c1. The third-order valence-electron chi connectivity index (χ3n) is 3.02. The van der Waals surface area contributed by atoms with Crippen molar-refractivity contribution >= 4 is 0 Å². The second-order valence-corrected chi connectivity index (χ2v) is 4.39. The van der Waals surface area contributed by atoms with E-state index in [2.05, 4.69) is 55.5 Å². The van der Waals surface area contributed by atoms with Crippen molar-refractivity contribution in [3.8, 4) is 11.1 Å². The van der Waals surface area contributed by atoms with Crippen LogP contribution >= 0.6 is 0 Å². The molecule has 1 atom stereocenters. The van der Waals surface area contributed by atoms with Gasteiger partial charge < -0.3 is 5.73 Å². The normalized spacial score (nSPS) is 12.4. The Morgan fingerprint density at radius 1 is 0.941 bits per heavy atom. The summed E-state index contributed by atoms with van der Waals surface area (Å²) in [6.07, 6.45) is 2.16.